The second kappa shape index (κ2) is 6.92. The molecule has 0 fully saturated rings. The third-order valence-corrected chi connectivity index (χ3v) is 2.69. The molecule has 0 heterocycles. The molecule has 0 aliphatic rings. The number of nitrogens with zero attached hydrogens (tertiary/aromatic N) is 1. The molecule has 0 aromatic heterocycles. The summed E-state index contributed by atoms with van der Waals surface area (Å²) in [5.74, 6) is 0.0501. The number of carbonyl (C=O) groups excluding carboxylic acids is 1. The van der Waals surface area contributed by atoms with Crippen molar-refractivity contribution in [1.82, 2.24) is 4.90 Å². The van der Waals surface area contributed by atoms with Crippen molar-refractivity contribution in [2.45, 2.75) is 26.5 Å². The molecule has 0 atom stereocenters. The van der Waals surface area contributed by atoms with Gasteiger partial charge in [0.05, 0.1) is 6.54 Å². The smallest absolute Gasteiger partial charge is 0.387 e. The van der Waals surface area contributed by atoms with E-state index >= 15 is 0 Å². The fourth-order valence-electron chi connectivity index (χ4n) is 1.34. The Morgan fingerprint density at radius 1 is 1.32 bits per heavy atom. The van der Waals surface area contributed by atoms with Crippen LogP contribution in [-0.4, -0.2) is 37.1 Å². The minimum atomic E-state index is -2.83. The second-order valence-corrected chi connectivity index (χ2v) is 4.35. The molecule has 0 saturated carbocycles. The van der Waals surface area contributed by atoms with Crippen molar-refractivity contribution in [2.24, 2.45) is 0 Å². The van der Waals surface area contributed by atoms with Gasteiger partial charge in [-0.3, -0.25) is 4.79 Å². The zero-order chi connectivity index (χ0) is 14.4. The number of alkyl halides is 2. The standard InChI is InChI=1S/C13H18F2N2O2/c1-9(2)17(3)12(18)8-16-10-4-6-11(7-5-10)19-13(14)15/h4-7,9,13,16H,8H2,1-3H3. The first-order chi connectivity index (χ1) is 8.90. The minimum Gasteiger partial charge on any atom is -0.435 e. The number of benzene rings is 1. The Hall–Kier alpha value is -1.85. The third kappa shape index (κ3) is 5.11. The van der Waals surface area contributed by atoms with Crippen molar-refractivity contribution in [3.05, 3.63) is 24.3 Å². The highest BCUT2D eigenvalue weighted by Crippen LogP contribution is 2.17. The predicted octanol–water partition coefficient (Wildman–Crippen LogP) is 2.57. The molecule has 1 aromatic rings. The molecule has 106 valence electrons. The zero-order valence-corrected chi connectivity index (χ0v) is 11.2. The lowest BCUT2D eigenvalue weighted by molar-refractivity contribution is -0.129. The van der Waals surface area contributed by atoms with Gasteiger partial charge in [0.15, 0.2) is 0 Å². The molecule has 19 heavy (non-hydrogen) atoms. The first-order valence-electron chi connectivity index (χ1n) is 5.94. The number of nitrogens with one attached hydrogen (secondary N) is 1. The third-order valence-electron chi connectivity index (χ3n) is 2.69. The van der Waals surface area contributed by atoms with Crippen LogP contribution in [0.3, 0.4) is 0 Å². The quantitative estimate of drug-likeness (QED) is 0.865. The van der Waals surface area contributed by atoms with Crippen LogP contribution < -0.4 is 10.1 Å². The van der Waals surface area contributed by atoms with Crippen LogP contribution in [0.5, 0.6) is 5.75 Å². The molecule has 1 rings (SSSR count). The van der Waals surface area contributed by atoms with Gasteiger partial charge in [0, 0.05) is 18.8 Å². The largest absolute Gasteiger partial charge is 0.435 e. The molecule has 4 nitrogen and oxygen atoms in total. The second-order valence-electron chi connectivity index (χ2n) is 4.35. The SMILES string of the molecule is CC(C)N(C)C(=O)CNc1ccc(OC(F)F)cc1. The number of likely N-dealkylation sites (N-methyl/N-ethyl adjacent to an activating group) is 1. The van der Waals surface area contributed by atoms with Crippen LogP contribution in [0, 0.1) is 0 Å². The van der Waals surface area contributed by atoms with Crippen molar-refractivity contribution < 1.29 is 18.3 Å². The summed E-state index contributed by atoms with van der Waals surface area (Å²) < 4.78 is 28.1. The molecule has 0 bridgehead atoms. The summed E-state index contributed by atoms with van der Waals surface area (Å²) in [4.78, 5) is 13.3. The van der Waals surface area contributed by atoms with Crippen LogP contribution in [0.2, 0.25) is 0 Å². The zero-order valence-electron chi connectivity index (χ0n) is 11.2. The van der Waals surface area contributed by atoms with Crippen molar-refractivity contribution in [3.8, 4) is 5.75 Å². The maximum absolute atomic E-state index is 12.0. The molecule has 0 unspecified atom stereocenters. The molecule has 6 heteroatoms. The first-order valence-corrected chi connectivity index (χ1v) is 5.94. The van der Waals surface area contributed by atoms with Crippen LogP contribution >= 0.6 is 0 Å². The first kappa shape index (κ1) is 15.2. The molecule has 1 amide bonds. The van der Waals surface area contributed by atoms with E-state index < -0.39 is 6.61 Å². The van der Waals surface area contributed by atoms with Gasteiger partial charge in [-0.2, -0.15) is 8.78 Å². The average Bonchev–Trinajstić information content (AvgIpc) is 2.35. The van der Waals surface area contributed by atoms with Crippen molar-refractivity contribution in [2.75, 3.05) is 18.9 Å². The minimum absolute atomic E-state index is 0.0390. The van der Waals surface area contributed by atoms with Gasteiger partial charge in [-0.1, -0.05) is 0 Å². The van der Waals surface area contributed by atoms with Crippen LogP contribution in [0.15, 0.2) is 24.3 Å². The fourth-order valence-corrected chi connectivity index (χ4v) is 1.34. The lowest BCUT2D eigenvalue weighted by atomic mass is 10.3. The Labute approximate surface area is 111 Å². The van der Waals surface area contributed by atoms with Crippen molar-refractivity contribution >= 4 is 11.6 Å². The molecule has 1 N–H and O–H groups in total. The average molecular weight is 272 g/mol. The van der Waals surface area contributed by atoms with Gasteiger partial charge in [0.25, 0.3) is 0 Å². The van der Waals surface area contributed by atoms with Crippen LogP contribution in [0.1, 0.15) is 13.8 Å². The summed E-state index contributed by atoms with van der Waals surface area (Å²) in [6.45, 7) is 1.17. The van der Waals surface area contributed by atoms with E-state index in [0.717, 1.165) is 0 Å². The summed E-state index contributed by atoms with van der Waals surface area (Å²) in [7, 11) is 1.73. The van der Waals surface area contributed by atoms with Crippen LogP contribution in [0.4, 0.5) is 14.5 Å². The topological polar surface area (TPSA) is 41.6 Å². The molecule has 0 spiro atoms. The summed E-state index contributed by atoms with van der Waals surface area (Å²) in [6.07, 6.45) is 0. The lowest BCUT2D eigenvalue weighted by Crippen LogP contribution is -2.37. The highest BCUT2D eigenvalue weighted by atomic mass is 19.3. The van der Waals surface area contributed by atoms with Crippen LogP contribution in [0.25, 0.3) is 0 Å². The summed E-state index contributed by atoms with van der Waals surface area (Å²) >= 11 is 0. The Balaban J connectivity index is 2.48. The monoisotopic (exact) mass is 272 g/mol. The number of halogens is 2. The van der Waals surface area contributed by atoms with Crippen molar-refractivity contribution in [1.29, 1.82) is 0 Å². The van der Waals surface area contributed by atoms with E-state index in [1.54, 1.807) is 24.1 Å². The van der Waals surface area contributed by atoms with Gasteiger partial charge in [0.2, 0.25) is 5.91 Å². The highest BCUT2D eigenvalue weighted by molar-refractivity contribution is 5.80. The molecule has 0 aliphatic heterocycles. The lowest BCUT2D eigenvalue weighted by Gasteiger charge is -2.21. The normalized spacial score (nSPS) is 10.7. The maximum atomic E-state index is 12.0. The number of anilines is 1. The van der Waals surface area contributed by atoms with Gasteiger partial charge in [0.1, 0.15) is 5.75 Å². The number of hydrogen-bond donors (Lipinski definition) is 1. The van der Waals surface area contributed by atoms with E-state index in [-0.39, 0.29) is 24.2 Å². The van der Waals surface area contributed by atoms with Gasteiger partial charge in [-0.15, -0.1) is 0 Å². The van der Waals surface area contributed by atoms with E-state index in [2.05, 4.69) is 10.1 Å². The summed E-state index contributed by atoms with van der Waals surface area (Å²) in [5.41, 5.74) is 0.673. The van der Waals surface area contributed by atoms with Gasteiger partial charge in [-0.25, -0.2) is 0 Å². The van der Waals surface area contributed by atoms with Gasteiger partial charge in [-0.05, 0) is 38.1 Å². The summed E-state index contributed by atoms with van der Waals surface area (Å²) in [5, 5.41) is 2.93. The van der Waals surface area contributed by atoms with E-state index in [4.69, 9.17) is 0 Å². The van der Waals surface area contributed by atoms with Gasteiger partial charge < -0.3 is 15.0 Å². The Bertz CT molecular complexity index is 408. The molecular formula is C13H18F2N2O2. The molecule has 0 saturated heterocycles. The molecule has 1 aromatic carbocycles. The van der Waals surface area contributed by atoms with E-state index in [1.807, 2.05) is 13.8 Å². The Kier molecular flexibility index (Phi) is 5.54. The van der Waals surface area contributed by atoms with E-state index in [0.29, 0.717) is 5.69 Å². The molecule has 0 radical (unpaired) electrons. The maximum Gasteiger partial charge on any atom is 0.387 e. The summed E-state index contributed by atoms with van der Waals surface area (Å²) in [6, 6.07) is 6.15. The number of ether oxygens (including phenoxy) is 1. The highest BCUT2D eigenvalue weighted by Gasteiger charge is 2.11. The predicted molar refractivity (Wildman–Crippen MR) is 69.5 cm³/mol. The number of hydrogen-bond acceptors (Lipinski definition) is 3. The number of carbonyl (C=O) groups is 1. The van der Waals surface area contributed by atoms with Crippen LogP contribution in [-0.2, 0) is 4.79 Å². The van der Waals surface area contributed by atoms with Crippen molar-refractivity contribution in [3.63, 3.8) is 0 Å². The number of amides is 1. The fraction of sp³-hybridized carbons (Fsp3) is 0.462. The number of rotatable bonds is 6. The Morgan fingerprint density at radius 2 is 1.89 bits per heavy atom. The van der Waals surface area contributed by atoms with Gasteiger partial charge >= 0.3 is 6.61 Å². The Morgan fingerprint density at radius 3 is 2.37 bits per heavy atom. The van der Waals surface area contributed by atoms with E-state index in [1.165, 1.54) is 12.1 Å². The van der Waals surface area contributed by atoms with E-state index in [9.17, 15) is 13.6 Å². The molecule has 0 aliphatic carbocycles. The molecular weight excluding hydrogens is 254 g/mol.